The maximum absolute atomic E-state index is 12.8. The van der Waals surface area contributed by atoms with Gasteiger partial charge < -0.3 is 5.73 Å². The molecule has 0 saturated heterocycles. The van der Waals surface area contributed by atoms with Gasteiger partial charge in [0.1, 0.15) is 5.82 Å². The number of alkyl halides is 2. The molecule has 0 bridgehead atoms. The molecule has 86 valence electrons. The molecule has 0 spiro atoms. The van der Waals surface area contributed by atoms with E-state index in [0.29, 0.717) is 10.0 Å². The highest BCUT2D eigenvalue weighted by Gasteiger charge is 2.15. The van der Waals surface area contributed by atoms with Crippen molar-refractivity contribution in [1.82, 2.24) is 0 Å². The second-order valence-corrected chi connectivity index (χ2v) is 3.75. The van der Waals surface area contributed by atoms with Crippen molar-refractivity contribution in [2.45, 2.75) is 18.9 Å². The van der Waals surface area contributed by atoms with Gasteiger partial charge in [-0.25, -0.2) is 13.2 Å². The topological polar surface area (TPSA) is 26.0 Å². The van der Waals surface area contributed by atoms with Crippen LogP contribution in [0.2, 0.25) is 0 Å². The molecule has 1 rings (SSSR count). The van der Waals surface area contributed by atoms with Gasteiger partial charge in [-0.1, -0.05) is 15.9 Å². The van der Waals surface area contributed by atoms with E-state index in [1.807, 2.05) is 0 Å². The summed E-state index contributed by atoms with van der Waals surface area (Å²) in [5, 5.41) is 0. The molecule has 0 radical (unpaired) electrons. The summed E-state index contributed by atoms with van der Waals surface area (Å²) in [7, 11) is 0. The van der Waals surface area contributed by atoms with Gasteiger partial charge in [-0.3, -0.25) is 0 Å². The molecular formula is C9H10BrClF3N. The molecular weight excluding hydrogens is 294 g/mol. The van der Waals surface area contributed by atoms with Crippen molar-refractivity contribution in [2.24, 2.45) is 5.73 Å². The third-order valence-corrected chi connectivity index (χ3v) is 2.51. The van der Waals surface area contributed by atoms with Crippen molar-refractivity contribution in [1.29, 1.82) is 0 Å². The van der Waals surface area contributed by atoms with E-state index in [2.05, 4.69) is 15.9 Å². The average Bonchev–Trinajstić information content (AvgIpc) is 2.08. The summed E-state index contributed by atoms with van der Waals surface area (Å²) in [5.74, 6) is -0.479. The maximum Gasteiger partial charge on any atom is 0.240 e. The van der Waals surface area contributed by atoms with Crippen LogP contribution in [0.5, 0.6) is 0 Å². The van der Waals surface area contributed by atoms with Crippen molar-refractivity contribution in [3.05, 3.63) is 34.1 Å². The SMILES string of the molecule is Cl.N[C@@H](CC(F)F)c1cc(F)ccc1Br. The third-order valence-electron chi connectivity index (χ3n) is 1.79. The molecule has 0 fully saturated rings. The fourth-order valence-electron chi connectivity index (χ4n) is 1.12. The number of hydrogen-bond donors (Lipinski definition) is 1. The second-order valence-electron chi connectivity index (χ2n) is 2.90. The molecule has 6 heteroatoms. The smallest absolute Gasteiger partial charge is 0.240 e. The van der Waals surface area contributed by atoms with E-state index < -0.39 is 24.7 Å². The quantitative estimate of drug-likeness (QED) is 0.906. The van der Waals surface area contributed by atoms with Crippen molar-refractivity contribution in [2.75, 3.05) is 0 Å². The summed E-state index contributed by atoms with van der Waals surface area (Å²) >= 11 is 3.13. The molecule has 0 aliphatic carbocycles. The molecule has 15 heavy (non-hydrogen) atoms. The second kappa shape index (κ2) is 6.35. The van der Waals surface area contributed by atoms with Crippen LogP contribution in [0.4, 0.5) is 13.2 Å². The van der Waals surface area contributed by atoms with Gasteiger partial charge in [-0.15, -0.1) is 12.4 Å². The predicted molar refractivity (Wildman–Crippen MR) is 58.9 cm³/mol. The Bertz CT molecular complexity index is 322. The monoisotopic (exact) mass is 303 g/mol. The Kier molecular flexibility index (Phi) is 6.24. The van der Waals surface area contributed by atoms with E-state index in [1.165, 1.54) is 12.1 Å². The molecule has 0 aliphatic heterocycles. The molecule has 2 N–H and O–H groups in total. The van der Waals surface area contributed by atoms with Crippen LogP contribution >= 0.6 is 28.3 Å². The molecule has 0 amide bonds. The van der Waals surface area contributed by atoms with Crippen LogP contribution in [0.3, 0.4) is 0 Å². The minimum atomic E-state index is -2.49. The Morgan fingerprint density at radius 3 is 2.47 bits per heavy atom. The zero-order chi connectivity index (χ0) is 10.7. The van der Waals surface area contributed by atoms with Gasteiger partial charge in [0.05, 0.1) is 0 Å². The van der Waals surface area contributed by atoms with Crippen molar-refractivity contribution >= 4 is 28.3 Å². The van der Waals surface area contributed by atoms with E-state index in [4.69, 9.17) is 5.73 Å². The minimum Gasteiger partial charge on any atom is -0.324 e. The van der Waals surface area contributed by atoms with Crippen LogP contribution in [-0.4, -0.2) is 6.43 Å². The number of benzene rings is 1. The fraction of sp³-hybridized carbons (Fsp3) is 0.333. The molecule has 1 atom stereocenters. The predicted octanol–water partition coefficient (Wildman–Crippen LogP) is 3.67. The Labute approximate surface area is 100 Å². The Morgan fingerprint density at radius 2 is 1.93 bits per heavy atom. The minimum absolute atomic E-state index is 0. The summed E-state index contributed by atoms with van der Waals surface area (Å²) in [5.41, 5.74) is 5.86. The molecule has 0 aliphatic rings. The molecule has 0 saturated carbocycles. The molecule has 0 heterocycles. The largest absolute Gasteiger partial charge is 0.324 e. The first kappa shape index (κ1) is 14.7. The van der Waals surface area contributed by atoms with Crippen LogP contribution in [0, 0.1) is 5.82 Å². The standard InChI is InChI=1S/C9H9BrF3N.ClH/c10-7-2-1-5(11)3-6(7)8(14)4-9(12)13;/h1-3,8-9H,4,14H2;1H/t8-;/m0./s1. The summed E-state index contributed by atoms with van der Waals surface area (Å²) in [6.07, 6.45) is -2.96. The lowest BCUT2D eigenvalue weighted by Crippen LogP contribution is -2.14. The van der Waals surface area contributed by atoms with Crippen LogP contribution in [0.1, 0.15) is 18.0 Å². The lowest BCUT2D eigenvalue weighted by Gasteiger charge is -2.13. The lowest BCUT2D eigenvalue weighted by molar-refractivity contribution is 0.128. The molecule has 1 nitrogen and oxygen atoms in total. The first-order valence-electron chi connectivity index (χ1n) is 3.99. The van der Waals surface area contributed by atoms with E-state index in [9.17, 15) is 13.2 Å². The van der Waals surface area contributed by atoms with Gasteiger partial charge in [0.15, 0.2) is 0 Å². The molecule has 1 aromatic rings. The Balaban J connectivity index is 0.00000196. The van der Waals surface area contributed by atoms with Gasteiger partial charge in [-0.2, -0.15) is 0 Å². The zero-order valence-electron chi connectivity index (χ0n) is 7.59. The Hall–Kier alpha value is -0.260. The molecule has 0 aromatic heterocycles. The van der Waals surface area contributed by atoms with Crippen LogP contribution in [0.25, 0.3) is 0 Å². The van der Waals surface area contributed by atoms with E-state index in [1.54, 1.807) is 0 Å². The Morgan fingerprint density at radius 1 is 1.33 bits per heavy atom. The normalized spacial score (nSPS) is 12.4. The average molecular weight is 305 g/mol. The fourth-order valence-corrected chi connectivity index (χ4v) is 1.66. The lowest BCUT2D eigenvalue weighted by atomic mass is 10.1. The highest BCUT2D eigenvalue weighted by atomic mass is 79.9. The van der Waals surface area contributed by atoms with Gasteiger partial charge in [-0.05, 0) is 23.8 Å². The van der Waals surface area contributed by atoms with Gasteiger partial charge in [0.25, 0.3) is 0 Å². The van der Waals surface area contributed by atoms with Crippen molar-refractivity contribution in [3.8, 4) is 0 Å². The summed E-state index contributed by atoms with van der Waals surface area (Å²) < 4.78 is 37.4. The highest BCUT2D eigenvalue weighted by Crippen LogP contribution is 2.26. The van der Waals surface area contributed by atoms with E-state index >= 15 is 0 Å². The first-order chi connectivity index (χ1) is 6.50. The van der Waals surface area contributed by atoms with Gasteiger partial charge in [0, 0.05) is 16.9 Å². The van der Waals surface area contributed by atoms with Crippen molar-refractivity contribution < 1.29 is 13.2 Å². The highest BCUT2D eigenvalue weighted by molar-refractivity contribution is 9.10. The van der Waals surface area contributed by atoms with Crippen LogP contribution in [-0.2, 0) is 0 Å². The summed E-state index contributed by atoms with van der Waals surface area (Å²) in [4.78, 5) is 0. The first-order valence-corrected chi connectivity index (χ1v) is 4.78. The van der Waals surface area contributed by atoms with Crippen molar-refractivity contribution in [3.63, 3.8) is 0 Å². The zero-order valence-corrected chi connectivity index (χ0v) is 9.99. The van der Waals surface area contributed by atoms with E-state index in [0.717, 1.165) is 6.07 Å². The maximum atomic E-state index is 12.8. The van der Waals surface area contributed by atoms with Crippen LogP contribution in [0.15, 0.2) is 22.7 Å². The number of halogens is 5. The number of rotatable bonds is 3. The number of nitrogens with two attached hydrogens (primary N) is 1. The summed E-state index contributed by atoms with van der Waals surface area (Å²) in [6, 6.07) is 3.01. The van der Waals surface area contributed by atoms with Gasteiger partial charge in [0.2, 0.25) is 6.43 Å². The van der Waals surface area contributed by atoms with Gasteiger partial charge >= 0.3 is 0 Å². The number of hydrogen-bond acceptors (Lipinski definition) is 1. The molecule has 0 unspecified atom stereocenters. The summed E-state index contributed by atoms with van der Waals surface area (Å²) in [6.45, 7) is 0. The van der Waals surface area contributed by atoms with E-state index in [-0.39, 0.29) is 12.4 Å². The third kappa shape index (κ3) is 4.40. The van der Waals surface area contributed by atoms with Crippen LogP contribution < -0.4 is 5.73 Å². The molecule has 1 aromatic carbocycles.